The van der Waals surface area contributed by atoms with E-state index in [4.69, 9.17) is 11.6 Å². The number of aromatic nitrogens is 3. The number of benzene rings is 3. The van der Waals surface area contributed by atoms with Crippen molar-refractivity contribution in [3.8, 4) is 0 Å². The lowest BCUT2D eigenvalue weighted by Gasteiger charge is -2.37. The average molecular weight is 473 g/mol. The number of hydrogen-bond acceptors (Lipinski definition) is 3. The van der Waals surface area contributed by atoms with E-state index in [1.807, 2.05) is 12.1 Å². The highest BCUT2D eigenvalue weighted by atomic mass is 35.5. The van der Waals surface area contributed by atoms with Crippen LogP contribution < -0.4 is 9.80 Å². The first-order valence-electron chi connectivity index (χ1n) is 11.5. The van der Waals surface area contributed by atoms with Gasteiger partial charge in [0.1, 0.15) is 29.2 Å². The molecule has 2 N–H and O–H groups in total. The van der Waals surface area contributed by atoms with Gasteiger partial charge in [-0.3, -0.25) is 0 Å². The summed E-state index contributed by atoms with van der Waals surface area (Å²) in [5.74, 6) is 0.614. The Morgan fingerprint density at radius 1 is 0.912 bits per heavy atom. The first kappa shape index (κ1) is 21.1. The first-order valence-corrected chi connectivity index (χ1v) is 11.9. The number of rotatable bonds is 4. The third-order valence-corrected chi connectivity index (χ3v) is 7.03. The van der Waals surface area contributed by atoms with Crippen LogP contribution in [0, 0.1) is 5.82 Å². The highest BCUT2D eigenvalue weighted by molar-refractivity contribution is 6.30. The van der Waals surface area contributed by atoms with Crippen LogP contribution in [0.25, 0.3) is 21.9 Å². The predicted octanol–water partition coefficient (Wildman–Crippen LogP) is 4.40. The van der Waals surface area contributed by atoms with Crippen molar-refractivity contribution in [1.29, 1.82) is 0 Å². The molecule has 1 atom stereocenters. The molecule has 7 heteroatoms. The number of nitrogens with one attached hydrogen (secondary N) is 2. The summed E-state index contributed by atoms with van der Waals surface area (Å²) < 4.78 is 13.8. The fourth-order valence-corrected chi connectivity index (χ4v) is 5.28. The molecule has 1 saturated heterocycles. The van der Waals surface area contributed by atoms with Crippen LogP contribution in [-0.2, 0) is 0 Å². The predicted molar refractivity (Wildman–Crippen MR) is 134 cm³/mol. The van der Waals surface area contributed by atoms with Crippen LogP contribution in [0.5, 0.6) is 0 Å². The summed E-state index contributed by atoms with van der Waals surface area (Å²) in [5, 5.41) is 1.54. The van der Waals surface area contributed by atoms with Crippen molar-refractivity contribution in [2.45, 2.75) is 6.04 Å². The molecule has 3 aromatic carbocycles. The van der Waals surface area contributed by atoms with E-state index in [-0.39, 0.29) is 11.9 Å². The topological polar surface area (TPSA) is 49.2 Å². The zero-order chi connectivity index (χ0) is 23.1. The van der Waals surface area contributed by atoms with Crippen LogP contribution in [0.1, 0.15) is 17.2 Å². The minimum absolute atomic E-state index is 0.238. The van der Waals surface area contributed by atoms with Crippen molar-refractivity contribution < 1.29 is 9.29 Å². The van der Waals surface area contributed by atoms with Gasteiger partial charge in [0.15, 0.2) is 5.82 Å². The molecule has 170 valence electrons. The summed E-state index contributed by atoms with van der Waals surface area (Å²) in [7, 11) is 0. The Morgan fingerprint density at radius 2 is 1.65 bits per heavy atom. The molecule has 1 aliphatic heterocycles. The van der Waals surface area contributed by atoms with Gasteiger partial charge in [-0.2, -0.15) is 0 Å². The molecule has 0 unspecified atom stereocenters. The van der Waals surface area contributed by atoms with Gasteiger partial charge in [-0.15, -0.1) is 0 Å². The normalized spacial score (nSPS) is 15.8. The minimum Gasteiger partial charge on any atom is -0.350 e. The van der Waals surface area contributed by atoms with Crippen LogP contribution in [0.3, 0.4) is 0 Å². The monoisotopic (exact) mass is 472 g/mol. The molecule has 0 spiro atoms. The van der Waals surface area contributed by atoms with Gasteiger partial charge in [0.25, 0.3) is 0 Å². The van der Waals surface area contributed by atoms with Crippen molar-refractivity contribution >= 4 is 39.4 Å². The van der Waals surface area contributed by atoms with E-state index in [1.54, 1.807) is 12.4 Å². The van der Waals surface area contributed by atoms with Gasteiger partial charge < -0.3 is 14.8 Å². The highest BCUT2D eigenvalue weighted by Gasteiger charge is 2.31. The lowest BCUT2D eigenvalue weighted by atomic mass is 9.96. The number of quaternary nitrogens is 1. The summed E-state index contributed by atoms with van der Waals surface area (Å²) in [6.45, 7) is 3.65. The highest BCUT2D eigenvalue weighted by Crippen LogP contribution is 2.30. The quantitative estimate of drug-likeness (QED) is 0.407. The molecule has 0 aliphatic carbocycles. The van der Waals surface area contributed by atoms with Crippen LogP contribution >= 0.6 is 11.6 Å². The molecule has 1 fully saturated rings. The molecule has 0 radical (unpaired) electrons. The van der Waals surface area contributed by atoms with Crippen molar-refractivity contribution in [3.05, 3.63) is 101 Å². The van der Waals surface area contributed by atoms with Crippen molar-refractivity contribution in [3.63, 3.8) is 0 Å². The molecule has 6 rings (SSSR count). The van der Waals surface area contributed by atoms with Gasteiger partial charge in [-0.1, -0.05) is 54.1 Å². The third kappa shape index (κ3) is 3.79. The van der Waals surface area contributed by atoms with Crippen molar-refractivity contribution in [2.75, 3.05) is 31.1 Å². The Labute approximate surface area is 201 Å². The Morgan fingerprint density at radius 3 is 2.41 bits per heavy atom. The van der Waals surface area contributed by atoms with Gasteiger partial charge in [0, 0.05) is 27.1 Å². The van der Waals surface area contributed by atoms with Gasteiger partial charge >= 0.3 is 0 Å². The summed E-state index contributed by atoms with van der Waals surface area (Å²) in [6, 6.07) is 23.9. The Hall–Kier alpha value is -3.48. The number of H-pyrrole nitrogens is 1. The molecule has 3 heterocycles. The molecule has 2 aromatic heterocycles. The van der Waals surface area contributed by atoms with E-state index in [0.29, 0.717) is 0 Å². The largest absolute Gasteiger partial charge is 0.350 e. The van der Waals surface area contributed by atoms with Crippen LogP contribution in [0.15, 0.2) is 79.1 Å². The van der Waals surface area contributed by atoms with E-state index < -0.39 is 0 Å². The maximum Gasteiger partial charge on any atom is 0.156 e. The zero-order valence-corrected chi connectivity index (χ0v) is 19.3. The number of halogens is 2. The average Bonchev–Trinajstić information content (AvgIpc) is 3.24. The lowest BCUT2D eigenvalue weighted by Crippen LogP contribution is -3.15. The number of hydrogen-bond donors (Lipinski definition) is 2. The van der Waals surface area contributed by atoms with Crippen LogP contribution in [0.4, 0.5) is 10.2 Å². The van der Waals surface area contributed by atoms with Gasteiger partial charge in [0.05, 0.1) is 26.2 Å². The SMILES string of the molecule is Fc1ccc2[nH]c3c(N4CC[NH+]([C@@H](c5ccccc5)c5ccc(Cl)cc5)CC4)ncnc3c2c1. The number of anilines is 1. The first-order chi connectivity index (χ1) is 16.7. The molecule has 0 bridgehead atoms. The van der Waals surface area contributed by atoms with E-state index in [9.17, 15) is 4.39 Å². The smallest absolute Gasteiger partial charge is 0.156 e. The van der Waals surface area contributed by atoms with Crippen molar-refractivity contribution in [2.24, 2.45) is 0 Å². The molecule has 5 nitrogen and oxygen atoms in total. The molecular formula is C27H24ClFN5+. The van der Waals surface area contributed by atoms with Crippen LogP contribution in [-0.4, -0.2) is 41.1 Å². The lowest BCUT2D eigenvalue weighted by molar-refractivity contribution is -0.926. The fraction of sp³-hybridized carbons (Fsp3) is 0.185. The minimum atomic E-state index is -0.264. The Bertz CT molecular complexity index is 1440. The summed E-state index contributed by atoms with van der Waals surface area (Å²) in [4.78, 5) is 16.3. The van der Waals surface area contributed by atoms with E-state index in [0.717, 1.165) is 59.0 Å². The third-order valence-electron chi connectivity index (χ3n) is 6.77. The molecular weight excluding hydrogens is 449 g/mol. The Balaban J connectivity index is 1.30. The molecule has 34 heavy (non-hydrogen) atoms. The van der Waals surface area contributed by atoms with Gasteiger partial charge in [-0.05, 0) is 30.3 Å². The molecule has 5 aromatic rings. The molecule has 1 aliphatic rings. The second kappa shape index (κ2) is 8.70. The van der Waals surface area contributed by atoms with Gasteiger partial charge in [0.2, 0.25) is 0 Å². The maximum absolute atomic E-state index is 13.8. The summed E-state index contributed by atoms with van der Waals surface area (Å²) >= 11 is 6.17. The van der Waals surface area contributed by atoms with Crippen LogP contribution in [0.2, 0.25) is 5.02 Å². The number of aromatic amines is 1. The fourth-order valence-electron chi connectivity index (χ4n) is 5.15. The van der Waals surface area contributed by atoms with E-state index in [2.05, 4.69) is 62.3 Å². The zero-order valence-electron chi connectivity index (χ0n) is 18.5. The standard InChI is InChI=1S/C27H23ClFN5/c28-20-8-6-19(7-9-20)26(18-4-2-1-3-5-18)33-12-14-34(15-13-33)27-25-24(30-17-31-27)22-16-21(29)10-11-23(22)32-25/h1-11,16-17,26,32H,12-15H2/p+1/t26-/m0/s1. The molecule has 0 saturated carbocycles. The van der Waals surface area contributed by atoms with Gasteiger partial charge in [-0.25, -0.2) is 14.4 Å². The number of nitrogens with zero attached hydrogens (tertiary/aromatic N) is 3. The second-order valence-corrected chi connectivity index (χ2v) is 9.21. The Kier molecular flexibility index (Phi) is 5.40. The molecule has 0 amide bonds. The second-order valence-electron chi connectivity index (χ2n) is 8.78. The summed E-state index contributed by atoms with van der Waals surface area (Å²) in [5.41, 5.74) is 5.06. The summed E-state index contributed by atoms with van der Waals surface area (Å²) in [6.07, 6.45) is 1.58. The maximum atomic E-state index is 13.8. The number of piperazine rings is 1. The van der Waals surface area contributed by atoms with Crippen molar-refractivity contribution in [1.82, 2.24) is 15.0 Å². The van der Waals surface area contributed by atoms with E-state index in [1.165, 1.54) is 28.2 Å². The van der Waals surface area contributed by atoms with E-state index >= 15 is 0 Å². The number of fused-ring (bicyclic) bond motifs is 3.